The molecule has 2 aromatic heterocycles. The molecule has 0 N–H and O–H groups in total. The summed E-state index contributed by atoms with van der Waals surface area (Å²) in [4.78, 5) is 2.40. The van der Waals surface area contributed by atoms with Gasteiger partial charge in [-0.15, -0.1) is 0 Å². The van der Waals surface area contributed by atoms with Crippen molar-refractivity contribution in [3.63, 3.8) is 0 Å². The standard InChI is InChI=1S/C12H13N5S/c13-3-10-4-14-17(7-10)12-1-2-16(8-12)6-11-5-15-18-9-11/h4-5,7,9,12H,1-2,6,8H2. The quantitative estimate of drug-likeness (QED) is 0.841. The van der Waals surface area contributed by atoms with Crippen LogP contribution >= 0.6 is 11.5 Å². The predicted molar refractivity (Wildman–Crippen MR) is 68.0 cm³/mol. The first-order valence-electron chi connectivity index (χ1n) is 5.90. The molecule has 0 bridgehead atoms. The molecule has 3 rings (SSSR count). The smallest absolute Gasteiger partial charge is 0.102 e. The van der Waals surface area contributed by atoms with Crippen LogP contribution in [0.2, 0.25) is 0 Å². The van der Waals surface area contributed by atoms with E-state index >= 15 is 0 Å². The summed E-state index contributed by atoms with van der Waals surface area (Å²) in [6.07, 6.45) is 6.48. The molecule has 1 atom stereocenters. The third-order valence-electron chi connectivity index (χ3n) is 3.24. The number of nitrogens with zero attached hydrogens (tertiary/aromatic N) is 5. The lowest BCUT2D eigenvalue weighted by Crippen LogP contribution is -2.21. The summed E-state index contributed by atoms with van der Waals surface area (Å²) in [5, 5.41) is 15.1. The Labute approximate surface area is 109 Å². The number of rotatable bonds is 3. The second-order valence-corrected chi connectivity index (χ2v) is 5.19. The molecule has 1 unspecified atom stereocenters. The molecule has 1 fully saturated rings. The van der Waals surface area contributed by atoms with Crippen molar-refractivity contribution in [1.82, 2.24) is 19.1 Å². The van der Waals surface area contributed by atoms with Crippen molar-refractivity contribution >= 4 is 11.5 Å². The number of aromatic nitrogens is 3. The van der Waals surface area contributed by atoms with E-state index in [2.05, 4.69) is 25.8 Å². The van der Waals surface area contributed by atoms with Crippen LogP contribution in [0.4, 0.5) is 0 Å². The van der Waals surface area contributed by atoms with Gasteiger partial charge in [0.2, 0.25) is 0 Å². The van der Waals surface area contributed by atoms with E-state index in [1.807, 2.05) is 17.1 Å². The molecular formula is C12H13N5S. The van der Waals surface area contributed by atoms with Crippen molar-refractivity contribution in [3.05, 3.63) is 35.1 Å². The van der Waals surface area contributed by atoms with Crippen LogP contribution in [0.3, 0.4) is 0 Å². The van der Waals surface area contributed by atoms with Crippen LogP contribution in [-0.4, -0.2) is 32.1 Å². The van der Waals surface area contributed by atoms with Crippen LogP contribution in [0, 0.1) is 11.3 Å². The van der Waals surface area contributed by atoms with E-state index < -0.39 is 0 Å². The van der Waals surface area contributed by atoms with E-state index in [1.54, 1.807) is 6.20 Å². The molecule has 6 heteroatoms. The first-order chi connectivity index (χ1) is 8.85. The first-order valence-corrected chi connectivity index (χ1v) is 6.73. The Kier molecular flexibility index (Phi) is 3.09. The minimum atomic E-state index is 0.388. The molecule has 1 aliphatic heterocycles. The Bertz CT molecular complexity index is 553. The van der Waals surface area contributed by atoms with E-state index in [-0.39, 0.29) is 0 Å². The van der Waals surface area contributed by atoms with Crippen LogP contribution in [0.15, 0.2) is 24.0 Å². The lowest BCUT2D eigenvalue weighted by Gasteiger charge is -2.14. The maximum absolute atomic E-state index is 8.80. The molecule has 0 radical (unpaired) electrons. The fourth-order valence-corrected chi connectivity index (χ4v) is 2.86. The van der Waals surface area contributed by atoms with E-state index in [1.165, 1.54) is 17.1 Å². The SMILES string of the molecule is N#Cc1cnn(C2CCN(Cc3cnsc3)C2)c1. The molecule has 0 aromatic carbocycles. The Balaban J connectivity index is 1.63. The van der Waals surface area contributed by atoms with Gasteiger partial charge < -0.3 is 0 Å². The third kappa shape index (κ3) is 2.28. The number of likely N-dealkylation sites (tertiary alicyclic amines) is 1. The molecule has 0 spiro atoms. The highest BCUT2D eigenvalue weighted by atomic mass is 32.1. The van der Waals surface area contributed by atoms with Gasteiger partial charge in [-0.1, -0.05) is 0 Å². The van der Waals surface area contributed by atoms with Gasteiger partial charge in [0.15, 0.2) is 0 Å². The van der Waals surface area contributed by atoms with E-state index in [0.29, 0.717) is 11.6 Å². The number of hydrogen-bond acceptors (Lipinski definition) is 5. The minimum Gasteiger partial charge on any atom is -0.297 e. The number of hydrogen-bond donors (Lipinski definition) is 0. The normalized spacial score (nSPS) is 20.1. The van der Waals surface area contributed by atoms with Gasteiger partial charge in [-0.2, -0.15) is 10.4 Å². The topological polar surface area (TPSA) is 57.7 Å². The van der Waals surface area contributed by atoms with Crippen molar-refractivity contribution in [2.45, 2.75) is 19.0 Å². The highest BCUT2D eigenvalue weighted by Gasteiger charge is 2.24. The molecule has 2 aromatic rings. The second-order valence-electron chi connectivity index (χ2n) is 4.53. The van der Waals surface area contributed by atoms with Crippen molar-refractivity contribution < 1.29 is 0 Å². The average Bonchev–Trinajstić information content (AvgIpc) is 3.09. The zero-order valence-electron chi connectivity index (χ0n) is 9.86. The minimum absolute atomic E-state index is 0.388. The molecular weight excluding hydrogens is 246 g/mol. The van der Waals surface area contributed by atoms with Gasteiger partial charge in [0.05, 0.1) is 17.8 Å². The second kappa shape index (κ2) is 4.88. The van der Waals surface area contributed by atoms with Crippen molar-refractivity contribution in [1.29, 1.82) is 5.26 Å². The third-order valence-corrected chi connectivity index (χ3v) is 3.88. The van der Waals surface area contributed by atoms with Crippen LogP contribution in [0.5, 0.6) is 0 Å². The van der Waals surface area contributed by atoms with Crippen molar-refractivity contribution in [3.8, 4) is 6.07 Å². The van der Waals surface area contributed by atoms with Crippen LogP contribution < -0.4 is 0 Å². The van der Waals surface area contributed by atoms with E-state index in [9.17, 15) is 0 Å². The summed E-state index contributed by atoms with van der Waals surface area (Å²) >= 11 is 1.50. The highest BCUT2D eigenvalue weighted by molar-refractivity contribution is 7.03. The van der Waals surface area contributed by atoms with Crippen LogP contribution in [0.25, 0.3) is 0 Å². The molecule has 0 amide bonds. The molecule has 92 valence electrons. The molecule has 1 aliphatic rings. The first kappa shape index (κ1) is 11.4. The Hall–Kier alpha value is -1.71. The lowest BCUT2D eigenvalue weighted by atomic mass is 10.3. The van der Waals surface area contributed by atoms with Gasteiger partial charge in [-0.25, -0.2) is 4.37 Å². The summed E-state index contributed by atoms with van der Waals surface area (Å²) in [6, 6.07) is 2.50. The fraction of sp³-hybridized carbons (Fsp3) is 0.417. The fourth-order valence-electron chi connectivity index (χ4n) is 2.33. The Morgan fingerprint density at radius 1 is 1.50 bits per heavy atom. The van der Waals surface area contributed by atoms with E-state index in [0.717, 1.165) is 26.1 Å². The van der Waals surface area contributed by atoms with Gasteiger partial charge in [0.25, 0.3) is 0 Å². The van der Waals surface area contributed by atoms with Crippen molar-refractivity contribution in [2.24, 2.45) is 0 Å². The van der Waals surface area contributed by atoms with Gasteiger partial charge in [-0.3, -0.25) is 9.58 Å². The molecule has 5 nitrogen and oxygen atoms in total. The highest BCUT2D eigenvalue weighted by Crippen LogP contribution is 2.22. The maximum Gasteiger partial charge on any atom is 0.102 e. The van der Waals surface area contributed by atoms with Gasteiger partial charge in [0.1, 0.15) is 6.07 Å². The molecule has 18 heavy (non-hydrogen) atoms. The summed E-state index contributed by atoms with van der Waals surface area (Å²) in [6.45, 7) is 3.02. The summed E-state index contributed by atoms with van der Waals surface area (Å²) in [5.41, 5.74) is 1.91. The molecule has 0 aliphatic carbocycles. The molecule has 1 saturated heterocycles. The lowest BCUT2D eigenvalue weighted by molar-refractivity contribution is 0.312. The average molecular weight is 259 g/mol. The number of nitriles is 1. The van der Waals surface area contributed by atoms with Crippen molar-refractivity contribution in [2.75, 3.05) is 13.1 Å². The summed E-state index contributed by atoms with van der Waals surface area (Å²) < 4.78 is 6.04. The Morgan fingerprint density at radius 2 is 2.44 bits per heavy atom. The van der Waals surface area contributed by atoms with E-state index in [4.69, 9.17) is 5.26 Å². The van der Waals surface area contributed by atoms with Gasteiger partial charge >= 0.3 is 0 Å². The monoisotopic (exact) mass is 259 g/mol. The molecule has 0 saturated carbocycles. The summed E-state index contributed by atoms with van der Waals surface area (Å²) in [5.74, 6) is 0. The Morgan fingerprint density at radius 3 is 3.17 bits per heavy atom. The molecule has 3 heterocycles. The summed E-state index contributed by atoms with van der Waals surface area (Å²) in [7, 11) is 0. The van der Waals surface area contributed by atoms with Crippen LogP contribution in [-0.2, 0) is 6.54 Å². The largest absolute Gasteiger partial charge is 0.297 e. The maximum atomic E-state index is 8.80. The zero-order chi connectivity index (χ0) is 12.4. The predicted octanol–water partition coefficient (Wildman–Crippen LogP) is 1.66. The van der Waals surface area contributed by atoms with Gasteiger partial charge in [0, 0.05) is 37.4 Å². The van der Waals surface area contributed by atoms with Crippen LogP contribution in [0.1, 0.15) is 23.6 Å². The van der Waals surface area contributed by atoms with Gasteiger partial charge in [-0.05, 0) is 23.5 Å². The zero-order valence-corrected chi connectivity index (χ0v) is 10.7.